The van der Waals surface area contributed by atoms with Crippen molar-refractivity contribution in [1.29, 1.82) is 0 Å². The minimum absolute atomic E-state index is 0.212. The minimum atomic E-state index is -0.212. The summed E-state index contributed by atoms with van der Waals surface area (Å²) in [7, 11) is 0. The van der Waals surface area contributed by atoms with Crippen molar-refractivity contribution in [1.82, 2.24) is 0 Å². The lowest BCUT2D eigenvalue weighted by Gasteiger charge is -2.40. The molecule has 0 aromatic heterocycles. The topological polar surface area (TPSA) is 44.5 Å². The van der Waals surface area contributed by atoms with Crippen molar-refractivity contribution in [2.75, 3.05) is 6.79 Å². The van der Waals surface area contributed by atoms with Crippen molar-refractivity contribution < 1.29 is 9.47 Å². The van der Waals surface area contributed by atoms with E-state index < -0.39 is 0 Å². The van der Waals surface area contributed by atoms with Gasteiger partial charge in [0.2, 0.25) is 6.79 Å². The zero-order valence-electron chi connectivity index (χ0n) is 9.88. The number of fused-ring (bicyclic) bond motifs is 1. The van der Waals surface area contributed by atoms with E-state index in [0.717, 1.165) is 36.1 Å². The Morgan fingerprint density at radius 2 is 2.06 bits per heavy atom. The smallest absolute Gasteiger partial charge is 0.231 e. The summed E-state index contributed by atoms with van der Waals surface area (Å²) in [6.45, 7) is 2.36. The first-order valence-electron chi connectivity index (χ1n) is 6.06. The fourth-order valence-electron chi connectivity index (χ4n) is 2.70. The molecule has 0 unspecified atom stereocenters. The van der Waals surface area contributed by atoms with Gasteiger partial charge >= 0.3 is 0 Å². The highest BCUT2D eigenvalue weighted by Crippen LogP contribution is 2.49. The Hall–Kier alpha value is -0.930. The van der Waals surface area contributed by atoms with Gasteiger partial charge in [0.05, 0.1) is 5.02 Å². The maximum Gasteiger partial charge on any atom is 0.231 e. The van der Waals surface area contributed by atoms with Crippen LogP contribution in [-0.2, 0) is 12.0 Å². The van der Waals surface area contributed by atoms with Gasteiger partial charge in [-0.25, -0.2) is 0 Å². The third-order valence-electron chi connectivity index (χ3n) is 3.84. The summed E-state index contributed by atoms with van der Waals surface area (Å²) in [6, 6.07) is 1.97. The Kier molecular flexibility index (Phi) is 2.49. The molecule has 3 rings (SSSR count). The average molecular weight is 254 g/mol. The van der Waals surface area contributed by atoms with Gasteiger partial charge in [0.15, 0.2) is 11.5 Å². The zero-order chi connectivity index (χ0) is 12.0. The van der Waals surface area contributed by atoms with E-state index in [1.165, 1.54) is 6.42 Å². The van der Waals surface area contributed by atoms with Crippen LogP contribution in [-0.4, -0.2) is 6.79 Å². The SMILES string of the molecule is CCc1c(C2(N)CCC2)cc(Cl)c2c1OCO2. The normalized spacial score (nSPS) is 20.2. The van der Waals surface area contributed by atoms with Crippen LogP contribution >= 0.6 is 11.6 Å². The van der Waals surface area contributed by atoms with Crippen molar-refractivity contribution in [3.05, 3.63) is 22.2 Å². The predicted octanol–water partition coefficient (Wildman–Crippen LogP) is 2.97. The molecule has 17 heavy (non-hydrogen) atoms. The lowest BCUT2D eigenvalue weighted by molar-refractivity contribution is 0.173. The second-order valence-corrected chi connectivity index (χ2v) is 5.22. The van der Waals surface area contributed by atoms with E-state index in [2.05, 4.69) is 6.92 Å². The van der Waals surface area contributed by atoms with Gasteiger partial charge < -0.3 is 15.2 Å². The summed E-state index contributed by atoms with van der Waals surface area (Å²) in [5, 5.41) is 0.612. The third kappa shape index (κ3) is 1.53. The predicted molar refractivity (Wildman–Crippen MR) is 66.7 cm³/mol. The molecule has 1 saturated carbocycles. The maximum absolute atomic E-state index is 6.41. The molecule has 1 aliphatic carbocycles. The standard InChI is InChI=1S/C13H16ClNO2/c1-2-8-9(13(15)4-3-5-13)6-10(14)12-11(8)16-7-17-12/h6H,2-5,7,15H2,1H3. The third-order valence-corrected chi connectivity index (χ3v) is 4.12. The summed E-state index contributed by atoms with van der Waals surface area (Å²) in [6.07, 6.45) is 4.12. The average Bonchev–Trinajstić information content (AvgIpc) is 2.75. The summed E-state index contributed by atoms with van der Waals surface area (Å²) in [5.41, 5.74) is 8.49. The number of nitrogens with two attached hydrogens (primary N) is 1. The minimum Gasteiger partial charge on any atom is -0.453 e. The van der Waals surface area contributed by atoms with Gasteiger partial charge in [-0.05, 0) is 37.3 Å². The molecule has 0 radical (unpaired) electrons. The number of rotatable bonds is 2. The van der Waals surface area contributed by atoms with Gasteiger partial charge in [0.1, 0.15) is 0 Å². The first-order chi connectivity index (χ1) is 8.15. The first-order valence-corrected chi connectivity index (χ1v) is 6.44. The number of hydrogen-bond donors (Lipinski definition) is 1. The van der Waals surface area contributed by atoms with Crippen molar-refractivity contribution in [3.8, 4) is 11.5 Å². The van der Waals surface area contributed by atoms with Crippen LogP contribution in [0.1, 0.15) is 37.3 Å². The van der Waals surface area contributed by atoms with E-state index >= 15 is 0 Å². The molecule has 2 aliphatic rings. The van der Waals surface area contributed by atoms with Gasteiger partial charge in [0.25, 0.3) is 0 Å². The fourth-order valence-corrected chi connectivity index (χ4v) is 2.95. The highest BCUT2D eigenvalue weighted by atomic mass is 35.5. The lowest BCUT2D eigenvalue weighted by atomic mass is 9.71. The summed E-state index contributed by atoms with van der Waals surface area (Å²) in [4.78, 5) is 0. The molecule has 1 aliphatic heterocycles. The Bertz CT molecular complexity index is 469. The molecule has 1 aromatic carbocycles. The van der Waals surface area contributed by atoms with E-state index in [1.54, 1.807) is 0 Å². The van der Waals surface area contributed by atoms with Crippen molar-refractivity contribution in [2.24, 2.45) is 5.73 Å². The van der Waals surface area contributed by atoms with Crippen molar-refractivity contribution in [2.45, 2.75) is 38.1 Å². The molecular weight excluding hydrogens is 238 g/mol. The molecule has 0 bridgehead atoms. The molecule has 0 saturated heterocycles. The highest BCUT2D eigenvalue weighted by Gasteiger charge is 2.38. The molecule has 0 spiro atoms. The van der Waals surface area contributed by atoms with Crippen molar-refractivity contribution in [3.63, 3.8) is 0 Å². The maximum atomic E-state index is 6.41. The van der Waals surface area contributed by atoms with E-state index in [4.69, 9.17) is 26.8 Å². The summed E-state index contributed by atoms with van der Waals surface area (Å²) < 4.78 is 10.9. The number of halogens is 1. The molecule has 4 heteroatoms. The summed E-state index contributed by atoms with van der Waals surface area (Å²) in [5.74, 6) is 1.47. The molecule has 1 aromatic rings. The van der Waals surface area contributed by atoms with Crippen LogP contribution in [0.2, 0.25) is 5.02 Å². The second-order valence-electron chi connectivity index (χ2n) is 4.81. The monoisotopic (exact) mass is 253 g/mol. The molecule has 0 atom stereocenters. The largest absolute Gasteiger partial charge is 0.453 e. The molecule has 2 N–H and O–H groups in total. The van der Waals surface area contributed by atoms with Crippen molar-refractivity contribution >= 4 is 11.6 Å². The van der Waals surface area contributed by atoms with Crippen LogP contribution < -0.4 is 15.2 Å². The van der Waals surface area contributed by atoms with Crippen LogP contribution in [0.3, 0.4) is 0 Å². The van der Waals surface area contributed by atoms with Gasteiger partial charge in [0, 0.05) is 11.1 Å². The quantitative estimate of drug-likeness (QED) is 0.881. The molecule has 3 nitrogen and oxygen atoms in total. The van der Waals surface area contributed by atoms with E-state index in [1.807, 2.05) is 6.07 Å². The number of hydrogen-bond acceptors (Lipinski definition) is 3. The Morgan fingerprint density at radius 3 is 2.65 bits per heavy atom. The second kappa shape index (κ2) is 3.79. The van der Waals surface area contributed by atoms with Crippen LogP contribution in [0.5, 0.6) is 11.5 Å². The summed E-state index contributed by atoms with van der Waals surface area (Å²) >= 11 is 6.23. The molecule has 92 valence electrons. The number of benzene rings is 1. The molecular formula is C13H16ClNO2. The lowest BCUT2D eigenvalue weighted by Crippen LogP contribution is -2.44. The first kappa shape index (κ1) is 11.2. The highest BCUT2D eigenvalue weighted by molar-refractivity contribution is 6.32. The Labute approximate surface area is 106 Å². The van der Waals surface area contributed by atoms with Crippen LogP contribution in [0.25, 0.3) is 0 Å². The van der Waals surface area contributed by atoms with Crippen LogP contribution in [0.15, 0.2) is 6.07 Å². The fraction of sp³-hybridized carbons (Fsp3) is 0.538. The molecule has 0 amide bonds. The molecule has 1 heterocycles. The Balaban J connectivity index is 2.18. The van der Waals surface area contributed by atoms with Crippen LogP contribution in [0.4, 0.5) is 0 Å². The van der Waals surface area contributed by atoms with Gasteiger partial charge in [-0.15, -0.1) is 0 Å². The van der Waals surface area contributed by atoms with Gasteiger partial charge in [-0.1, -0.05) is 18.5 Å². The van der Waals surface area contributed by atoms with E-state index in [9.17, 15) is 0 Å². The molecule has 1 fully saturated rings. The van der Waals surface area contributed by atoms with Crippen LogP contribution in [0, 0.1) is 0 Å². The van der Waals surface area contributed by atoms with Gasteiger partial charge in [-0.2, -0.15) is 0 Å². The zero-order valence-corrected chi connectivity index (χ0v) is 10.6. The number of ether oxygens (including phenoxy) is 2. The van der Waals surface area contributed by atoms with Gasteiger partial charge in [-0.3, -0.25) is 0 Å². The van der Waals surface area contributed by atoms with E-state index in [-0.39, 0.29) is 12.3 Å². The van der Waals surface area contributed by atoms with E-state index in [0.29, 0.717) is 10.8 Å². The Morgan fingerprint density at radius 1 is 1.35 bits per heavy atom.